The molecule has 0 radical (unpaired) electrons. The van der Waals surface area contributed by atoms with Gasteiger partial charge in [-0.25, -0.2) is 0 Å². The molecule has 0 bridgehead atoms. The second kappa shape index (κ2) is 3.19. The molecule has 1 fully saturated rings. The fourth-order valence-electron chi connectivity index (χ4n) is 2.24. The highest BCUT2D eigenvalue weighted by Gasteiger charge is 2.31. The second-order valence-corrected chi connectivity index (χ2v) is 4.66. The Bertz CT molecular complexity index is 314. The van der Waals surface area contributed by atoms with Gasteiger partial charge < -0.3 is 10.6 Å². The number of rotatable bonds is 1. The minimum atomic E-state index is 0.302. The van der Waals surface area contributed by atoms with Crippen molar-refractivity contribution in [3.05, 3.63) is 24.3 Å². The Hall–Kier alpha value is -1.18. The van der Waals surface area contributed by atoms with Gasteiger partial charge in [0.05, 0.1) is 0 Å². The number of hydrogen-bond acceptors (Lipinski definition) is 2. The predicted molar refractivity (Wildman–Crippen MR) is 61.5 cm³/mol. The first kappa shape index (κ1) is 9.38. The van der Waals surface area contributed by atoms with E-state index < -0.39 is 0 Å². The molecule has 1 heterocycles. The molecule has 0 atom stereocenters. The van der Waals surface area contributed by atoms with Gasteiger partial charge in [-0.05, 0) is 51.0 Å². The van der Waals surface area contributed by atoms with E-state index in [9.17, 15) is 0 Å². The van der Waals surface area contributed by atoms with Gasteiger partial charge in [0.15, 0.2) is 0 Å². The van der Waals surface area contributed by atoms with Crippen molar-refractivity contribution >= 4 is 11.4 Å². The lowest BCUT2D eigenvalue weighted by molar-refractivity contribution is 0.518. The number of nitrogens with two attached hydrogens (primary N) is 1. The maximum Gasteiger partial charge on any atom is 0.0372 e. The fraction of sp³-hybridized carbons (Fsp3) is 0.500. The van der Waals surface area contributed by atoms with E-state index in [1.165, 1.54) is 18.5 Å². The molecule has 14 heavy (non-hydrogen) atoms. The molecule has 0 aromatic heterocycles. The Morgan fingerprint density at radius 1 is 1.21 bits per heavy atom. The van der Waals surface area contributed by atoms with Gasteiger partial charge in [0.2, 0.25) is 0 Å². The smallest absolute Gasteiger partial charge is 0.0372 e. The van der Waals surface area contributed by atoms with E-state index in [4.69, 9.17) is 5.73 Å². The van der Waals surface area contributed by atoms with Crippen LogP contribution in [0.4, 0.5) is 11.4 Å². The normalized spacial score (nSPS) is 20.0. The van der Waals surface area contributed by atoms with E-state index in [1.54, 1.807) is 0 Å². The summed E-state index contributed by atoms with van der Waals surface area (Å²) < 4.78 is 0. The van der Waals surface area contributed by atoms with E-state index in [0.717, 1.165) is 12.2 Å². The monoisotopic (exact) mass is 190 g/mol. The molecule has 2 nitrogen and oxygen atoms in total. The van der Waals surface area contributed by atoms with Crippen LogP contribution in [0.25, 0.3) is 0 Å². The van der Waals surface area contributed by atoms with E-state index in [2.05, 4.69) is 30.9 Å². The Morgan fingerprint density at radius 2 is 1.86 bits per heavy atom. The number of nitrogens with zero attached hydrogens (tertiary/aromatic N) is 1. The Morgan fingerprint density at radius 3 is 2.36 bits per heavy atom. The first-order chi connectivity index (χ1) is 6.59. The summed E-state index contributed by atoms with van der Waals surface area (Å²) in [6, 6.07) is 8.18. The summed E-state index contributed by atoms with van der Waals surface area (Å²) in [4.78, 5) is 2.46. The third kappa shape index (κ3) is 1.57. The Balaban J connectivity index is 2.27. The van der Waals surface area contributed by atoms with Gasteiger partial charge in [0.25, 0.3) is 0 Å². The van der Waals surface area contributed by atoms with Crippen LogP contribution in [0.2, 0.25) is 0 Å². The minimum Gasteiger partial charge on any atom is -0.399 e. The standard InChI is InChI=1S/C12H18N2/c1-12(2)8-3-9-14(12)11-6-4-10(13)5-7-11/h4-7H,3,8-9,13H2,1-2H3. The van der Waals surface area contributed by atoms with Crippen molar-refractivity contribution in [2.75, 3.05) is 17.2 Å². The highest BCUT2D eigenvalue weighted by atomic mass is 15.2. The van der Waals surface area contributed by atoms with Crippen LogP contribution < -0.4 is 10.6 Å². The molecule has 0 saturated carbocycles. The predicted octanol–water partition coefficient (Wildman–Crippen LogP) is 2.65. The highest BCUT2D eigenvalue weighted by molar-refractivity contribution is 5.55. The van der Waals surface area contributed by atoms with Crippen LogP contribution in [-0.4, -0.2) is 12.1 Å². The summed E-state index contributed by atoms with van der Waals surface area (Å²) in [6.45, 7) is 5.77. The molecule has 1 aromatic rings. The number of anilines is 2. The van der Waals surface area contributed by atoms with Crippen LogP contribution in [0.15, 0.2) is 24.3 Å². The lowest BCUT2D eigenvalue weighted by atomic mass is 10.0. The molecule has 0 unspecified atom stereocenters. The Kier molecular flexibility index (Phi) is 2.14. The molecule has 1 aliphatic heterocycles. The molecule has 0 aliphatic carbocycles. The maximum atomic E-state index is 5.67. The summed E-state index contributed by atoms with van der Waals surface area (Å²) in [5, 5.41) is 0. The number of nitrogen functional groups attached to an aromatic ring is 1. The van der Waals surface area contributed by atoms with Gasteiger partial charge in [-0.3, -0.25) is 0 Å². The van der Waals surface area contributed by atoms with Crippen molar-refractivity contribution in [3.8, 4) is 0 Å². The molecule has 1 saturated heterocycles. The summed E-state index contributed by atoms with van der Waals surface area (Å²) in [7, 11) is 0. The highest BCUT2D eigenvalue weighted by Crippen LogP contribution is 2.33. The topological polar surface area (TPSA) is 29.3 Å². The van der Waals surface area contributed by atoms with Crippen LogP contribution in [0.1, 0.15) is 26.7 Å². The third-order valence-electron chi connectivity index (χ3n) is 3.11. The zero-order valence-electron chi connectivity index (χ0n) is 8.96. The second-order valence-electron chi connectivity index (χ2n) is 4.66. The van der Waals surface area contributed by atoms with Crippen LogP contribution in [0, 0.1) is 0 Å². The van der Waals surface area contributed by atoms with Gasteiger partial charge >= 0.3 is 0 Å². The summed E-state index contributed by atoms with van der Waals surface area (Å²) in [5.74, 6) is 0. The van der Waals surface area contributed by atoms with Crippen LogP contribution in [0.5, 0.6) is 0 Å². The van der Waals surface area contributed by atoms with E-state index >= 15 is 0 Å². The van der Waals surface area contributed by atoms with Gasteiger partial charge in [-0.2, -0.15) is 0 Å². The first-order valence-electron chi connectivity index (χ1n) is 5.23. The van der Waals surface area contributed by atoms with Crippen molar-refractivity contribution in [2.24, 2.45) is 0 Å². The van der Waals surface area contributed by atoms with Crippen molar-refractivity contribution in [3.63, 3.8) is 0 Å². The van der Waals surface area contributed by atoms with Gasteiger partial charge in [0, 0.05) is 23.5 Å². The number of hydrogen-bond donors (Lipinski definition) is 1. The van der Waals surface area contributed by atoms with Crippen LogP contribution in [0.3, 0.4) is 0 Å². The van der Waals surface area contributed by atoms with Crippen molar-refractivity contribution in [1.29, 1.82) is 0 Å². The van der Waals surface area contributed by atoms with E-state index in [1.807, 2.05) is 12.1 Å². The molecule has 0 spiro atoms. The molecule has 1 aliphatic rings. The lowest BCUT2D eigenvalue weighted by Crippen LogP contribution is -2.38. The van der Waals surface area contributed by atoms with Gasteiger partial charge in [-0.15, -0.1) is 0 Å². The van der Waals surface area contributed by atoms with Gasteiger partial charge in [-0.1, -0.05) is 0 Å². The third-order valence-corrected chi connectivity index (χ3v) is 3.11. The Labute approximate surface area is 85.7 Å². The van der Waals surface area contributed by atoms with Crippen molar-refractivity contribution in [2.45, 2.75) is 32.2 Å². The van der Waals surface area contributed by atoms with Gasteiger partial charge in [0.1, 0.15) is 0 Å². The number of benzene rings is 1. The molecule has 2 rings (SSSR count). The zero-order valence-corrected chi connectivity index (χ0v) is 8.96. The maximum absolute atomic E-state index is 5.67. The average molecular weight is 190 g/mol. The molecule has 2 N–H and O–H groups in total. The quantitative estimate of drug-likeness (QED) is 0.690. The summed E-state index contributed by atoms with van der Waals surface area (Å²) in [6.07, 6.45) is 2.56. The fourth-order valence-corrected chi connectivity index (χ4v) is 2.24. The average Bonchev–Trinajstić information content (AvgIpc) is 2.47. The molecular formula is C12H18N2. The van der Waals surface area contributed by atoms with Crippen molar-refractivity contribution in [1.82, 2.24) is 0 Å². The van der Waals surface area contributed by atoms with Crippen LogP contribution in [-0.2, 0) is 0 Å². The van der Waals surface area contributed by atoms with Crippen molar-refractivity contribution < 1.29 is 0 Å². The molecule has 2 heteroatoms. The lowest BCUT2D eigenvalue weighted by Gasteiger charge is -2.33. The zero-order chi connectivity index (χ0) is 10.2. The summed E-state index contributed by atoms with van der Waals surface area (Å²) >= 11 is 0. The van der Waals surface area contributed by atoms with E-state index in [-0.39, 0.29) is 0 Å². The van der Waals surface area contributed by atoms with Crippen LogP contribution >= 0.6 is 0 Å². The molecule has 1 aromatic carbocycles. The molecule has 0 amide bonds. The largest absolute Gasteiger partial charge is 0.399 e. The molecule has 76 valence electrons. The van der Waals surface area contributed by atoms with E-state index in [0.29, 0.717) is 5.54 Å². The minimum absolute atomic E-state index is 0.302. The first-order valence-corrected chi connectivity index (χ1v) is 5.23. The molecular weight excluding hydrogens is 172 g/mol. The summed E-state index contributed by atoms with van der Waals surface area (Å²) in [5.41, 5.74) is 8.11. The SMILES string of the molecule is CC1(C)CCCN1c1ccc(N)cc1.